The van der Waals surface area contributed by atoms with Crippen LogP contribution in [0.2, 0.25) is 5.02 Å². The molecule has 2 rings (SSSR count). The van der Waals surface area contributed by atoms with Crippen LogP contribution in [0, 0.1) is 0 Å². The highest BCUT2D eigenvalue weighted by atomic mass is 35.5. The van der Waals surface area contributed by atoms with E-state index in [1.807, 2.05) is 24.3 Å². The summed E-state index contributed by atoms with van der Waals surface area (Å²) in [5.74, 6) is 0. The van der Waals surface area contributed by atoms with Crippen LogP contribution < -0.4 is 5.32 Å². The molecular formula is C11H14ClNO. The van der Waals surface area contributed by atoms with E-state index >= 15 is 0 Å². The van der Waals surface area contributed by atoms with Crippen molar-refractivity contribution in [3.05, 3.63) is 34.9 Å². The van der Waals surface area contributed by atoms with Gasteiger partial charge in [0.1, 0.15) is 0 Å². The lowest BCUT2D eigenvalue weighted by Crippen LogP contribution is -2.16. The molecule has 14 heavy (non-hydrogen) atoms. The van der Waals surface area contributed by atoms with E-state index in [2.05, 4.69) is 5.32 Å². The molecule has 1 aromatic carbocycles. The SMILES string of the molecule is Clc1cccc(COC2CCNC2)c1. The molecule has 0 amide bonds. The van der Waals surface area contributed by atoms with Crippen molar-refractivity contribution in [3.63, 3.8) is 0 Å². The fourth-order valence-corrected chi connectivity index (χ4v) is 1.82. The second-order valence-electron chi connectivity index (χ2n) is 3.56. The molecule has 3 heteroatoms. The molecule has 1 aliphatic rings. The summed E-state index contributed by atoms with van der Waals surface area (Å²) in [5, 5.41) is 4.04. The molecule has 0 radical (unpaired) electrons. The Balaban J connectivity index is 1.85. The highest BCUT2D eigenvalue weighted by molar-refractivity contribution is 6.30. The number of nitrogens with one attached hydrogen (secondary N) is 1. The summed E-state index contributed by atoms with van der Waals surface area (Å²) in [5.41, 5.74) is 1.14. The molecule has 1 fully saturated rings. The molecular weight excluding hydrogens is 198 g/mol. The lowest BCUT2D eigenvalue weighted by Gasteiger charge is -2.10. The summed E-state index contributed by atoms with van der Waals surface area (Å²) in [4.78, 5) is 0. The molecule has 0 aliphatic carbocycles. The molecule has 76 valence electrons. The van der Waals surface area contributed by atoms with Crippen LogP contribution in [-0.2, 0) is 11.3 Å². The van der Waals surface area contributed by atoms with Gasteiger partial charge in [-0.1, -0.05) is 23.7 Å². The van der Waals surface area contributed by atoms with E-state index in [1.54, 1.807) is 0 Å². The Kier molecular flexibility index (Phi) is 3.40. The van der Waals surface area contributed by atoms with Crippen molar-refractivity contribution in [1.82, 2.24) is 5.32 Å². The Labute approximate surface area is 89.2 Å². The lowest BCUT2D eigenvalue weighted by atomic mass is 10.2. The molecule has 1 N–H and O–H groups in total. The summed E-state index contributed by atoms with van der Waals surface area (Å²) >= 11 is 5.87. The maximum absolute atomic E-state index is 5.87. The van der Waals surface area contributed by atoms with Gasteiger partial charge in [0.25, 0.3) is 0 Å². The highest BCUT2D eigenvalue weighted by Gasteiger charge is 2.14. The summed E-state index contributed by atoms with van der Waals surface area (Å²) in [6.45, 7) is 2.70. The van der Waals surface area contributed by atoms with E-state index in [9.17, 15) is 0 Å². The Bertz CT molecular complexity index is 297. The lowest BCUT2D eigenvalue weighted by molar-refractivity contribution is 0.0542. The van der Waals surface area contributed by atoms with Gasteiger partial charge in [-0.25, -0.2) is 0 Å². The number of hydrogen-bond donors (Lipinski definition) is 1. The second-order valence-corrected chi connectivity index (χ2v) is 3.99. The molecule has 1 aliphatic heterocycles. The Hall–Kier alpha value is -0.570. The zero-order chi connectivity index (χ0) is 9.80. The third kappa shape index (κ3) is 2.71. The minimum Gasteiger partial charge on any atom is -0.372 e. The molecule has 1 saturated heterocycles. The van der Waals surface area contributed by atoms with E-state index in [1.165, 1.54) is 0 Å². The van der Waals surface area contributed by atoms with E-state index in [4.69, 9.17) is 16.3 Å². The highest BCUT2D eigenvalue weighted by Crippen LogP contribution is 2.13. The predicted molar refractivity (Wildman–Crippen MR) is 57.5 cm³/mol. The van der Waals surface area contributed by atoms with Gasteiger partial charge in [0, 0.05) is 11.6 Å². The zero-order valence-electron chi connectivity index (χ0n) is 8.00. The van der Waals surface area contributed by atoms with Crippen LogP contribution in [0.1, 0.15) is 12.0 Å². The van der Waals surface area contributed by atoms with Gasteiger partial charge in [0.05, 0.1) is 12.7 Å². The van der Waals surface area contributed by atoms with Crippen molar-refractivity contribution in [2.24, 2.45) is 0 Å². The van der Waals surface area contributed by atoms with Crippen LogP contribution in [0.3, 0.4) is 0 Å². The Morgan fingerprint density at radius 3 is 3.14 bits per heavy atom. The normalized spacial score (nSPS) is 21.4. The second kappa shape index (κ2) is 4.78. The third-order valence-corrected chi connectivity index (χ3v) is 2.62. The molecule has 1 aromatic rings. The molecule has 1 atom stereocenters. The van der Waals surface area contributed by atoms with Crippen LogP contribution in [0.25, 0.3) is 0 Å². The van der Waals surface area contributed by atoms with Crippen LogP contribution in [0.15, 0.2) is 24.3 Å². The van der Waals surface area contributed by atoms with Gasteiger partial charge in [-0.05, 0) is 30.7 Å². The van der Waals surface area contributed by atoms with Crippen LogP contribution >= 0.6 is 11.6 Å². The molecule has 0 aromatic heterocycles. The van der Waals surface area contributed by atoms with Gasteiger partial charge >= 0.3 is 0 Å². The third-order valence-electron chi connectivity index (χ3n) is 2.39. The van der Waals surface area contributed by atoms with Crippen molar-refractivity contribution >= 4 is 11.6 Å². The van der Waals surface area contributed by atoms with Crippen molar-refractivity contribution in [2.45, 2.75) is 19.1 Å². The Morgan fingerprint density at radius 2 is 2.43 bits per heavy atom. The standard InChI is InChI=1S/C11H14ClNO/c12-10-3-1-2-9(6-10)8-14-11-4-5-13-7-11/h1-3,6,11,13H,4-5,7-8H2. The summed E-state index contributed by atoms with van der Waals surface area (Å²) in [6.07, 6.45) is 1.48. The van der Waals surface area contributed by atoms with E-state index in [0.717, 1.165) is 30.1 Å². The first-order valence-electron chi connectivity index (χ1n) is 4.91. The number of ether oxygens (including phenoxy) is 1. The number of hydrogen-bond acceptors (Lipinski definition) is 2. The first-order valence-corrected chi connectivity index (χ1v) is 5.29. The molecule has 0 spiro atoms. The fraction of sp³-hybridized carbons (Fsp3) is 0.455. The van der Waals surface area contributed by atoms with Gasteiger partial charge in [0.15, 0.2) is 0 Å². The van der Waals surface area contributed by atoms with Gasteiger partial charge < -0.3 is 10.1 Å². The molecule has 0 bridgehead atoms. The van der Waals surface area contributed by atoms with Crippen molar-refractivity contribution in [1.29, 1.82) is 0 Å². The largest absolute Gasteiger partial charge is 0.372 e. The number of benzene rings is 1. The molecule has 2 nitrogen and oxygen atoms in total. The van der Waals surface area contributed by atoms with E-state index < -0.39 is 0 Å². The average Bonchev–Trinajstić information content (AvgIpc) is 2.67. The first-order chi connectivity index (χ1) is 6.84. The summed E-state index contributed by atoms with van der Waals surface area (Å²) in [6, 6.07) is 7.81. The van der Waals surface area contributed by atoms with Crippen LogP contribution in [0.5, 0.6) is 0 Å². The van der Waals surface area contributed by atoms with Crippen molar-refractivity contribution in [3.8, 4) is 0 Å². The summed E-state index contributed by atoms with van der Waals surface area (Å²) < 4.78 is 5.72. The minimum absolute atomic E-state index is 0.369. The van der Waals surface area contributed by atoms with Crippen LogP contribution in [0.4, 0.5) is 0 Å². The van der Waals surface area contributed by atoms with Gasteiger partial charge in [0.2, 0.25) is 0 Å². The quantitative estimate of drug-likeness (QED) is 0.828. The monoisotopic (exact) mass is 211 g/mol. The maximum atomic E-state index is 5.87. The first kappa shape index (κ1) is 9.97. The maximum Gasteiger partial charge on any atom is 0.0721 e. The molecule has 1 unspecified atom stereocenters. The van der Waals surface area contributed by atoms with Crippen LogP contribution in [-0.4, -0.2) is 19.2 Å². The fourth-order valence-electron chi connectivity index (χ4n) is 1.61. The molecule has 1 heterocycles. The number of rotatable bonds is 3. The van der Waals surface area contributed by atoms with Gasteiger partial charge in [-0.15, -0.1) is 0 Å². The topological polar surface area (TPSA) is 21.3 Å². The van der Waals surface area contributed by atoms with Gasteiger partial charge in [-0.3, -0.25) is 0 Å². The predicted octanol–water partition coefficient (Wildman–Crippen LogP) is 2.22. The Morgan fingerprint density at radius 1 is 1.50 bits per heavy atom. The summed E-state index contributed by atoms with van der Waals surface area (Å²) in [7, 11) is 0. The van der Waals surface area contributed by atoms with E-state index in [-0.39, 0.29) is 0 Å². The van der Waals surface area contributed by atoms with E-state index in [0.29, 0.717) is 12.7 Å². The van der Waals surface area contributed by atoms with Gasteiger partial charge in [-0.2, -0.15) is 0 Å². The minimum atomic E-state index is 0.369. The number of halogens is 1. The van der Waals surface area contributed by atoms with Crippen molar-refractivity contribution < 1.29 is 4.74 Å². The molecule has 0 saturated carbocycles. The smallest absolute Gasteiger partial charge is 0.0721 e. The van der Waals surface area contributed by atoms with Crippen molar-refractivity contribution in [2.75, 3.05) is 13.1 Å². The average molecular weight is 212 g/mol. The zero-order valence-corrected chi connectivity index (χ0v) is 8.76.